The Kier molecular flexibility index (Phi) is 6.49. The number of hydrogen-bond donors (Lipinski definition) is 2. The Morgan fingerprint density at radius 2 is 1.50 bits per heavy atom. The predicted octanol–water partition coefficient (Wildman–Crippen LogP) is 3.38. The molecule has 136 valence electrons. The summed E-state index contributed by atoms with van der Waals surface area (Å²) in [6.45, 7) is 1.93. The van der Waals surface area contributed by atoms with Gasteiger partial charge in [-0.3, -0.25) is 14.4 Å². The zero-order valence-electron chi connectivity index (χ0n) is 15.2. The van der Waals surface area contributed by atoms with Gasteiger partial charge in [-0.05, 0) is 36.8 Å². The number of carbonyl (C=O) groups excluding carboxylic acids is 3. The molecule has 0 aliphatic rings. The van der Waals surface area contributed by atoms with Crippen molar-refractivity contribution in [3.63, 3.8) is 0 Å². The molecular weight excluding hydrogens is 330 g/mol. The summed E-state index contributed by atoms with van der Waals surface area (Å²) in [4.78, 5) is 38.0. The molecule has 0 atom stereocenters. The number of nitrogens with zero attached hydrogens (tertiary/aromatic N) is 1. The summed E-state index contributed by atoms with van der Waals surface area (Å²) in [6, 6.07) is 13.6. The molecule has 0 fully saturated rings. The molecule has 0 radical (unpaired) electrons. The van der Waals surface area contributed by atoms with Gasteiger partial charge in [0, 0.05) is 31.9 Å². The molecule has 0 saturated carbocycles. The van der Waals surface area contributed by atoms with Gasteiger partial charge < -0.3 is 15.5 Å². The van der Waals surface area contributed by atoms with Gasteiger partial charge >= 0.3 is 0 Å². The van der Waals surface area contributed by atoms with Crippen LogP contribution in [-0.4, -0.2) is 36.7 Å². The third kappa shape index (κ3) is 4.92. The molecule has 0 heterocycles. The van der Waals surface area contributed by atoms with Gasteiger partial charge in [0.2, 0.25) is 5.91 Å². The first-order valence-corrected chi connectivity index (χ1v) is 8.44. The lowest BCUT2D eigenvalue weighted by Gasteiger charge is -2.14. The molecule has 6 heteroatoms. The highest BCUT2D eigenvalue weighted by Gasteiger charge is 2.18. The average molecular weight is 353 g/mol. The second kappa shape index (κ2) is 8.80. The van der Waals surface area contributed by atoms with Crippen molar-refractivity contribution < 1.29 is 14.4 Å². The van der Waals surface area contributed by atoms with Crippen LogP contribution in [0.4, 0.5) is 11.4 Å². The lowest BCUT2D eigenvalue weighted by atomic mass is 10.1. The Hall–Kier alpha value is -3.15. The van der Waals surface area contributed by atoms with Crippen molar-refractivity contribution in [2.75, 3.05) is 24.7 Å². The summed E-state index contributed by atoms with van der Waals surface area (Å²) in [5, 5.41) is 5.57. The van der Waals surface area contributed by atoms with Crippen LogP contribution in [0, 0.1) is 0 Å². The van der Waals surface area contributed by atoms with E-state index in [-0.39, 0.29) is 17.7 Å². The summed E-state index contributed by atoms with van der Waals surface area (Å²) >= 11 is 0. The third-order valence-electron chi connectivity index (χ3n) is 3.69. The van der Waals surface area contributed by atoms with Gasteiger partial charge in [-0.1, -0.05) is 25.1 Å². The van der Waals surface area contributed by atoms with Crippen LogP contribution in [0.5, 0.6) is 0 Å². The maximum Gasteiger partial charge on any atom is 0.256 e. The highest BCUT2D eigenvalue weighted by Crippen LogP contribution is 2.18. The lowest BCUT2D eigenvalue weighted by molar-refractivity contribution is -0.116. The Balaban J connectivity index is 2.18. The zero-order chi connectivity index (χ0) is 19.1. The summed E-state index contributed by atoms with van der Waals surface area (Å²) < 4.78 is 0. The minimum atomic E-state index is -0.382. The van der Waals surface area contributed by atoms with Crippen molar-refractivity contribution >= 4 is 29.1 Å². The second-order valence-corrected chi connectivity index (χ2v) is 6.08. The molecule has 0 aromatic heterocycles. The van der Waals surface area contributed by atoms with Crippen molar-refractivity contribution in [2.45, 2.75) is 19.8 Å². The van der Waals surface area contributed by atoms with Crippen LogP contribution in [0.25, 0.3) is 0 Å². The molecule has 0 aliphatic carbocycles. The summed E-state index contributed by atoms with van der Waals surface area (Å²) in [7, 11) is 3.28. The predicted molar refractivity (Wildman–Crippen MR) is 102 cm³/mol. The first-order chi connectivity index (χ1) is 12.4. The fraction of sp³-hybridized carbons (Fsp3) is 0.250. The van der Waals surface area contributed by atoms with Gasteiger partial charge in [0.1, 0.15) is 0 Å². The minimum Gasteiger partial charge on any atom is -0.345 e. The first kappa shape index (κ1) is 19.2. The molecule has 2 N–H and O–H groups in total. The molecule has 3 amide bonds. The van der Waals surface area contributed by atoms with E-state index in [0.717, 1.165) is 6.42 Å². The SMILES string of the molecule is CCCC(=O)Nc1cccc(NC(=O)c2ccccc2C(=O)N(C)C)c1. The van der Waals surface area contributed by atoms with E-state index >= 15 is 0 Å². The van der Waals surface area contributed by atoms with Gasteiger partial charge in [0.05, 0.1) is 11.1 Å². The topological polar surface area (TPSA) is 78.5 Å². The number of benzene rings is 2. The van der Waals surface area contributed by atoms with Crippen LogP contribution in [0.1, 0.15) is 40.5 Å². The largest absolute Gasteiger partial charge is 0.345 e. The number of hydrogen-bond acceptors (Lipinski definition) is 3. The molecular formula is C20H23N3O3. The quantitative estimate of drug-likeness (QED) is 0.836. The molecule has 0 saturated heterocycles. The zero-order valence-corrected chi connectivity index (χ0v) is 15.2. The van der Waals surface area contributed by atoms with E-state index in [1.165, 1.54) is 4.90 Å². The fourth-order valence-electron chi connectivity index (χ4n) is 2.43. The number of rotatable bonds is 6. The van der Waals surface area contributed by atoms with Crippen LogP contribution >= 0.6 is 0 Å². The lowest BCUT2D eigenvalue weighted by Crippen LogP contribution is -2.25. The monoisotopic (exact) mass is 353 g/mol. The fourth-order valence-corrected chi connectivity index (χ4v) is 2.43. The van der Waals surface area contributed by atoms with E-state index in [1.54, 1.807) is 62.6 Å². The van der Waals surface area contributed by atoms with E-state index in [4.69, 9.17) is 0 Å². The number of anilines is 2. The molecule has 2 aromatic carbocycles. The van der Waals surface area contributed by atoms with Crippen molar-refractivity contribution in [1.82, 2.24) is 4.90 Å². The van der Waals surface area contributed by atoms with Gasteiger partial charge in [-0.15, -0.1) is 0 Å². The standard InChI is InChI=1S/C20H23N3O3/c1-4-8-18(24)21-14-9-7-10-15(13-14)22-19(25)16-11-5-6-12-17(16)20(26)23(2)3/h5-7,9-13H,4,8H2,1-3H3,(H,21,24)(H,22,25). The molecule has 0 spiro atoms. The molecule has 6 nitrogen and oxygen atoms in total. The molecule has 0 unspecified atom stereocenters. The van der Waals surface area contributed by atoms with E-state index in [0.29, 0.717) is 28.9 Å². The van der Waals surface area contributed by atoms with Crippen molar-refractivity contribution in [1.29, 1.82) is 0 Å². The van der Waals surface area contributed by atoms with Crippen LogP contribution in [-0.2, 0) is 4.79 Å². The smallest absolute Gasteiger partial charge is 0.256 e. The Bertz CT molecular complexity index is 815. The van der Waals surface area contributed by atoms with Gasteiger partial charge in [0.15, 0.2) is 0 Å². The summed E-state index contributed by atoms with van der Waals surface area (Å²) in [5.74, 6) is -0.693. The van der Waals surface area contributed by atoms with Gasteiger partial charge in [-0.2, -0.15) is 0 Å². The van der Waals surface area contributed by atoms with E-state index in [1.807, 2.05) is 6.92 Å². The minimum absolute atomic E-state index is 0.0714. The third-order valence-corrected chi connectivity index (χ3v) is 3.69. The van der Waals surface area contributed by atoms with Crippen molar-refractivity contribution in [2.24, 2.45) is 0 Å². The maximum atomic E-state index is 12.6. The summed E-state index contributed by atoms with van der Waals surface area (Å²) in [6.07, 6.45) is 1.20. The molecule has 26 heavy (non-hydrogen) atoms. The Labute approximate surface area is 153 Å². The molecule has 2 aromatic rings. The van der Waals surface area contributed by atoms with Crippen LogP contribution in [0.15, 0.2) is 48.5 Å². The van der Waals surface area contributed by atoms with Crippen molar-refractivity contribution in [3.05, 3.63) is 59.7 Å². The Morgan fingerprint density at radius 3 is 2.12 bits per heavy atom. The number of amides is 3. The highest BCUT2D eigenvalue weighted by atomic mass is 16.2. The summed E-state index contributed by atoms with van der Waals surface area (Å²) in [5.41, 5.74) is 1.78. The maximum absolute atomic E-state index is 12.6. The van der Waals surface area contributed by atoms with E-state index in [2.05, 4.69) is 10.6 Å². The van der Waals surface area contributed by atoms with Crippen LogP contribution < -0.4 is 10.6 Å². The van der Waals surface area contributed by atoms with Crippen molar-refractivity contribution in [3.8, 4) is 0 Å². The van der Waals surface area contributed by atoms with Crippen LogP contribution in [0.2, 0.25) is 0 Å². The number of nitrogens with one attached hydrogen (secondary N) is 2. The van der Waals surface area contributed by atoms with E-state index in [9.17, 15) is 14.4 Å². The Morgan fingerprint density at radius 1 is 0.885 bits per heavy atom. The van der Waals surface area contributed by atoms with Gasteiger partial charge in [0.25, 0.3) is 11.8 Å². The second-order valence-electron chi connectivity index (χ2n) is 6.08. The van der Waals surface area contributed by atoms with Crippen LogP contribution in [0.3, 0.4) is 0 Å². The first-order valence-electron chi connectivity index (χ1n) is 8.44. The number of carbonyl (C=O) groups is 3. The highest BCUT2D eigenvalue weighted by molar-refractivity contribution is 6.12. The molecule has 2 rings (SSSR count). The normalized spacial score (nSPS) is 10.1. The average Bonchev–Trinajstić information content (AvgIpc) is 2.61. The molecule has 0 bridgehead atoms. The van der Waals surface area contributed by atoms with Gasteiger partial charge in [-0.25, -0.2) is 0 Å². The molecule has 0 aliphatic heterocycles. The van der Waals surface area contributed by atoms with E-state index < -0.39 is 0 Å².